The van der Waals surface area contributed by atoms with Crippen molar-refractivity contribution in [1.82, 2.24) is 4.90 Å². The Morgan fingerprint density at radius 1 is 1.20 bits per heavy atom. The number of ether oxygens (including phenoxy) is 1. The van der Waals surface area contributed by atoms with Gasteiger partial charge in [0.2, 0.25) is 0 Å². The largest absolute Gasteiger partial charge is 0.469 e. The third-order valence-electron chi connectivity index (χ3n) is 8.45. The van der Waals surface area contributed by atoms with E-state index in [1.54, 1.807) is 7.11 Å². The second-order valence-corrected chi connectivity index (χ2v) is 10.1. The number of nitrogens with zero attached hydrogens (tertiary/aromatic N) is 1. The third-order valence-corrected chi connectivity index (χ3v) is 8.45. The van der Waals surface area contributed by atoms with Gasteiger partial charge in [-0.2, -0.15) is 0 Å². The molecule has 30 heavy (non-hydrogen) atoms. The van der Waals surface area contributed by atoms with Crippen LogP contribution in [0.25, 0.3) is 6.08 Å². The number of esters is 1. The fourth-order valence-electron chi connectivity index (χ4n) is 6.59. The van der Waals surface area contributed by atoms with E-state index in [2.05, 4.69) is 55.2 Å². The summed E-state index contributed by atoms with van der Waals surface area (Å²) < 4.78 is 5.30. The van der Waals surface area contributed by atoms with Crippen LogP contribution in [-0.2, 0) is 14.9 Å². The molecule has 3 aliphatic rings. The van der Waals surface area contributed by atoms with Crippen molar-refractivity contribution in [3.63, 3.8) is 0 Å². The SMILES string of the molecule is CCCCCCC1(C(=O)OC)CCC(N2CC[C@@]3(C=Cc4ccccc43)[C@@H](C)C2)C1. The second-order valence-electron chi connectivity index (χ2n) is 10.1. The third kappa shape index (κ3) is 3.75. The molecule has 2 aliphatic carbocycles. The van der Waals surface area contributed by atoms with Gasteiger partial charge in [-0.05, 0) is 55.7 Å². The zero-order valence-corrected chi connectivity index (χ0v) is 19.2. The van der Waals surface area contributed by atoms with Crippen LogP contribution in [0.2, 0.25) is 0 Å². The van der Waals surface area contributed by atoms with Crippen molar-refractivity contribution in [2.24, 2.45) is 11.3 Å². The van der Waals surface area contributed by atoms with Gasteiger partial charge >= 0.3 is 5.97 Å². The molecule has 1 spiro atoms. The molecule has 3 nitrogen and oxygen atoms in total. The Hall–Kier alpha value is -1.61. The molecule has 1 aliphatic heterocycles. The molecule has 1 saturated heterocycles. The summed E-state index contributed by atoms with van der Waals surface area (Å²) in [4.78, 5) is 15.5. The number of hydrogen-bond acceptors (Lipinski definition) is 3. The van der Waals surface area contributed by atoms with Gasteiger partial charge in [0.1, 0.15) is 0 Å². The van der Waals surface area contributed by atoms with E-state index in [-0.39, 0.29) is 16.8 Å². The summed E-state index contributed by atoms with van der Waals surface area (Å²) in [7, 11) is 1.57. The van der Waals surface area contributed by atoms with Crippen LogP contribution in [0.5, 0.6) is 0 Å². The quantitative estimate of drug-likeness (QED) is 0.410. The van der Waals surface area contributed by atoms with E-state index in [0.717, 1.165) is 45.2 Å². The number of hydrogen-bond donors (Lipinski definition) is 0. The molecule has 0 N–H and O–H groups in total. The van der Waals surface area contributed by atoms with Gasteiger partial charge in [0, 0.05) is 18.0 Å². The smallest absolute Gasteiger partial charge is 0.311 e. The van der Waals surface area contributed by atoms with Crippen LogP contribution in [0, 0.1) is 11.3 Å². The van der Waals surface area contributed by atoms with Crippen LogP contribution in [0.3, 0.4) is 0 Å². The molecule has 1 saturated carbocycles. The molecule has 1 aromatic carbocycles. The van der Waals surface area contributed by atoms with Crippen molar-refractivity contribution in [2.75, 3.05) is 20.2 Å². The van der Waals surface area contributed by atoms with Gasteiger partial charge in [-0.3, -0.25) is 9.69 Å². The first-order chi connectivity index (χ1) is 14.5. The number of fused-ring (bicyclic) bond motifs is 2. The van der Waals surface area contributed by atoms with E-state index in [0.29, 0.717) is 12.0 Å². The van der Waals surface area contributed by atoms with E-state index in [1.165, 1.54) is 36.8 Å². The first-order valence-electron chi connectivity index (χ1n) is 12.2. The first kappa shape index (κ1) is 21.6. The lowest BCUT2D eigenvalue weighted by atomic mass is 9.67. The molecule has 4 atom stereocenters. The minimum absolute atomic E-state index is 0.0377. The van der Waals surface area contributed by atoms with Crippen LogP contribution < -0.4 is 0 Å². The molecule has 2 fully saturated rings. The predicted octanol–water partition coefficient (Wildman–Crippen LogP) is 5.98. The summed E-state index contributed by atoms with van der Waals surface area (Å²) in [5, 5.41) is 0. The number of allylic oxidation sites excluding steroid dienone is 1. The molecule has 164 valence electrons. The van der Waals surface area contributed by atoms with Crippen molar-refractivity contribution < 1.29 is 9.53 Å². The summed E-state index contributed by atoms with van der Waals surface area (Å²) >= 11 is 0. The highest BCUT2D eigenvalue weighted by Crippen LogP contribution is 2.50. The standard InChI is InChI=1S/C27H39NO2/c1-4-5-6-9-14-26(25(29)30-3)15-13-23(19-26)28-18-17-27(21(2)20-28)16-12-22-10-7-8-11-24(22)27/h7-8,10-12,16,21,23H,4-6,9,13-15,17-20H2,1-3H3/t21-,23?,26?,27-/m0/s1. The van der Waals surface area contributed by atoms with E-state index in [9.17, 15) is 4.79 Å². The van der Waals surface area contributed by atoms with Crippen LogP contribution in [0.4, 0.5) is 0 Å². The van der Waals surface area contributed by atoms with Gasteiger partial charge in [-0.15, -0.1) is 0 Å². The normalized spacial score (nSPS) is 33.2. The first-order valence-corrected chi connectivity index (χ1v) is 12.2. The lowest BCUT2D eigenvalue weighted by Crippen LogP contribution is -2.50. The number of rotatable bonds is 7. The zero-order valence-electron chi connectivity index (χ0n) is 19.2. The Bertz CT molecular complexity index is 787. The molecule has 1 heterocycles. The van der Waals surface area contributed by atoms with Crippen molar-refractivity contribution in [1.29, 1.82) is 0 Å². The number of carbonyl (C=O) groups is 1. The maximum absolute atomic E-state index is 12.8. The topological polar surface area (TPSA) is 29.5 Å². The molecule has 0 amide bonds. The Kier molecular flexibility index (Phi) is 6.39. The number of unbranched alkanes of at least 4 members (excludes halogenated alkanes) is 3. The highest BCUT2D eigenvalue weighted by atomic mass is 16.5. The summed E-state index contributed by atoms with van der Waals surface area (Å²) in [6.07, 6.45) is 15.0. The van der Waals surface area contributed by atoms with Gasteiger partial charge in [0.05, 0.1) is 12.5 Å². The monoisotopic (exact) mass is 409 g/mol. The average molecular weight is 410 g/mol. The van der Waals surface area contributed by atoms with Crippen LogP contribution in [0.1, 0.15) is 82.8 Å². The van der Waals surface area contributed by atoms with E-state index >= 15 is 0 Å². The van der Waals surface area contributed by atoms with Crippen molar-refractivity contribution in [3.05, 3.63) is 41.5 Å². The van der Waals surface area contributed by atoms with E-state index in [4.69, 9.17) is 4.74 Å². The lowest BCUT2D eigenvalue weighted by molar-refractivity contribution is -0.153. The van der Waals surface area contributed by atoms with Crippen molar-refractivity contribution in [3.8, 4) is 0 Å². The highest BCUT2D eigenvalue weighted by Gasteiger charge is 2.50. The fourth-order valence-corrected chi connectivity index (χ4v) is 6.59. The number of likely N-dealkylation sites (tertiary alicyclic amines) is 1. The average Bonchev–Trinajstić information content (AvgIpc) is 3.37. The van der Waals surface area contributed by atoms with E-state index < -0.39 is 0 Å². The summed E-state index contributed by atoms with van der Waals surface area (Å²) in [5.41, 5.74) is 2.87. The Morgan fingerprint density at radius 2 is 2.03 bits per heavy atom. The highest BCUT2D eigenvalue weighted by molar-refractivity contribution is 5.77. The van der Waals surface area contributed by atoms with Gasteiger partial charge < -0.3 is 4.74 Å². The number of benzene rings is 1. The predicted molar refractivity (Wildman–Crippen MR) is 123 cm³/mol. The lowest BCUT2D eigenvalue weighted by Gasteiger charge is -2.46. The van der Waals surface area contributed by atoms with Gasteiger partial charge in [0.25, 0.3) is 0 Å². The van der Waals surface area contributed by atoms with Gasteiger partial charge in [-0.25, -0.2) is 0 Å². The molecule has 3 heteroatoms. The Labute approximate surface area is 182 Å². The molecule has 0 bridgehead atoms. The second kappa shape index (κ2) is 8.86. The number of piperidine rings is 1. The fraction of sp³-hybridized carbons (Fsp3) is 0.667. The molecule has 1 aromatic rings. The van der Waals surface area contributed by atoms with Crippen molar-refractivity contribution >= 4 is 12.0 Å². The molecule has 2 unspecified atom stereocenters. The summed E-state index contributed by atoms with van der Waals surface area (Å²) in [6.45, 7) is 6.91. The Morgan fingerprint density at radius 3 is 2.80 bits per heavy atom. The molecule has 0 radical (unpaired) electrons. The summed E-state index contributed by atoms with van der Waals surface area (Å²) in [5.74, 6) is 0.625. The van der Waals surface area contributed by atoms with Gasteiger partial charge in [0.15, 0.2) is 0 Å². The minimum atomic E-state index is -0.245. The van der Waals surface area contributed by atoms with Crippen LogP contribution in [-0.4, -0.2) is 37.1 Å². The molecular formula is C27H39NO2. The number of carbonyl (C=O) groups excluding carboxylic acids is 1. The number of methoxy groups -OCH3 is 1. The summed E-state index contributed by atoms with van der Waals surface area (Å²) in [6, 6.07) is 9.44. The van der Waals surface area contributed by atoms with Gasteiger partial charge in [-0.1, -0.05) is 75.9 Å². The molecular weight excluding hydrogens is 370 g/mol. The van der Waals surface area contributed by atoms with Crippen LogP contribution >= 0.6 is 0 Å². The molecule has 0 aromatic heterocycles. The Balaban J connectivity index is 1.43. The zero-order chi connectivity index (χ0) is 21.2. The maximum Gasteiger partial charge on any atom is 0.311 e. The minimum Gasteiger partial charge on any atom is -0.469 e. The molecule has 4 rings (SSSR count). The maximum atomic E-state index is 12.8. The van der Waals surface area contributed by atoms with Crippen LogP contribution in [0.15, 0.2) is 30.3 Å². The van der Waals surface area contributed by atoms with E-state index in [1.807, 2.05) is 0 Å². The van der Waals surface area contributed by atoms with Crippen molar-refractivity contribution in [2.45, 2.75) is 83.1 Å².